The number of carbonyl (C=O) groups excluding carboxylic acids is 1. The van der Waals surface area contributed by atoms with Crippen molar-refractivity contribution in [1.82, 2.24) is 24.3 Å². The highest BCUT2D eigenvalue weighted by atomic mass is 16.6. The van der Waals surface area contributed by atoms with Crippen LogP contribution in [0.1, 0.15) is 33.3 Å². The Balaban J connectivity index is 1.46. The largest absolute Gasteiger partial charge is 0.444 e. The number of aryl methyl sites for hydroxylation is 1. The molecule has 31 heavy (non-hydrogen) atoms. The van der Waals surface area contributed by atoms with Crippen LogP contribution in [-0.4, -0.2) is 55.2 Å². The van der Waals surface area contributed by atoms with Gasteiger partial charge in [0.05, 0.1) is 36.7 Å². The van der Waals surface area contributed by atoms with Crippen LogP contribution in [-0.2, 0) is 23.1 Å². The lowest BCUT2D eigenvalue weighted by Crippen LogP contribution is -2.36. The summed E-state index contributed by atoms with van der Waals surface area (Å²) in [4.78, 5) is 14.1. The van der Waals surface area contributed by atoms with E-state index in [1.165, 1.54) is 0 Å². The molecule has 4 rings (SSSR count). The highest BCUT2D eigenvalue weighted by molar-refractivity contribution is 5.70. The lowest BCUT2D eigenvalue weighted by Gasteiger charge is -2.24. The summed E-state index contributed by atoms with van der Waals surface area (Å²) in [6.07, 6.45) is 3.37. The van der Waals surface area contributed by atoms with E-state index in [0.717, 1.165) is 22.3 Å². The molecular weight excluding hydrogens is 396 g/mol. The first-order valence-electron chi connectivity index (χ1n) is 10.5. The average molecular weight is 427 g/mol. The molecular formula is C22H30N6O3. The van der Waals surface area contributed by atoms with Crippen molar-refractivity contribution in [3.63, 3.8) is 0 Å². The van der Waals surface area contributed by atoms with Gasteiger partial charge in [0.2, 0.25) is 0 Å². The summed E-state index contributed by atoms with van der Waals surface area (Å²) >= 11 is 0. The molecule has 9 heteroatoms. The van der Waals surface area contributed by atoms with E-state index in [1.54, 1.807) is 9.42 Å². The molecule has 0 aliphatic carbocycles. The Morgan fingerprint density at radius 1 is 1.29 bits per heavy atom. The Labute approximate surface area is 181 Å². The normalized spacial score (nSPS) is 19.3. The Bertz CT molecular complexity index is 1100. The first-order chi connectivity index (χ1) is 14.6. The summed E-state index contributed by atoms with van der Waals surface area (Å²) in [6.45, 7) is 9.27. The average Bonchev–Trinajstić information content (AvgIpc) is 3.34. The van der Waals surface area contributed by atoms with E-state index in [2.05, 4.69) is 17.1 Å². The number of nitrogens with two attached hydrogens (primary N) is 1. The van der Waals surface area contributed by atoms with Gasteiger partial charge in [0.15, 0.2) is 0 Å². The number of nitrogen functional groups attached to an aromatic ring is 1. The van der Waals surface area contributed by atoms with Crippen LogP contribution in [0.2, 0.25) is 0 Å². The molecule has 1 amide bonds. The van der Waals surface area contributed by atoms with Gasteiger partial charge in [-0.1, -0.05) is 6.92 Å². The quantitative estimate of drug-likeness (QED) is 0.688. The molecule has 0 spiro atoms. The Hall–Kier alpha value is -3.07. The fraction of sp³-hybridized carbons (Fsp3) is 0.500. The van der Waals surface area contributed by atoms with Gasteiger partial charge >= 0.3 is 6.09 Å². The molecule has 3 aromatic rings. The van der Waals surface area contributed by atoms with Crippen molar-refractivity contribution in [2.75, 3.05) is 18.8 Å². The molecule has 166 valence electrons. The van der Waals surface area contributed by atoms with Crippen LogP contribution in [0.15, 0.2) is 30.6 Å². The van der Waals surface area contributed by atoms with Crippen LogP contribution in [0.5, 0.6) is 0 Å². The molecule has 0 saturated carbocycles. The molecule has 0 bridgehead atoms. The van der Waals surface area contributed by atoms with Gasteiger partial charge in [0, 0.05) is 42.9 Å². The van der Waals surface area contributed by atoms with Crippen LogP contribution in [0.4, 0.5) is 10.6 Å². The SMILES string of the molecule is C[C@@H]1CN(C(=O)OC(C)(C)C)C[C@H]1OCc1cnn(C)c1-c1ccn2nc(N)cc2c1. The maximum Gasteiger partial charge on any atom is 0.410 e. The van der Waals surface area contributed by atoms with E-state index in [4.69, 9.17) is 15.2 Å². The molecule has 0 aromatic carbocycles. The van der Waals surface area contributed by atoms with Crippen molar-refractivity contribution in [1.29, 1.82) is 0 Å². The first kappa shape index (κ1) is 21.2. The fourth-order valence-electron chi connectivity index (χ4n) is 3.95. The number of nitrogens with zero attached hydrogens (tertiary/aromatic N) is 5. The van der Waals surface area contributed by atoms with Crippen molar-refractivity contribution in [2.45, 2.75) is 46.0 Å². The summed E-state index contributed by atoms with van der Waals surface area (Å²) in [5, 5.41) is 8.66. The zero-order chi connectivity index (χ0) is 22.3. The molecule has 1 saturated heterocycles. The van der Waals surface area contributed by atoms with Gasteiger partial charge in [-0.15, -0.1) is 0 Å². The number of hydrogen-bond acceptors (Lipinski definition) is 6. The van der Waals surface area contributed by atoms with Crippen LogP contribution < -0.4 is 5.73 Å². The molecule has 3 aromatic heterocycles. The van der Waals surface area contributed by atoms with Gasteiger partial charge in [0.1, 0.15) is 11.4 Å². The number of anilines is 1. The van der Waals surface area contributed by atoms with E-state index in [9.17, 15) is 4.79 Å². The Morgan fingerprint density at radius 3 is 2.81 bits per heavy atom. The summed E-state index contributed by atoms with van der Waals surface area (Å²) < 4.78 is 15.3. The predicted molar refractivity (Wildman–Crippen MR) is 117 cm³/mol. The second-order valence-electron chi connectivity index (χ2n) is 9.21. The van der Waals surface area contributed by atoms with Gasteiger partial charge in [-0.25, -0.2) is 9.31 Å². The molecule has 2 N–H and O–H groups in total. The van der Waals surface area contributed by atoms with Gasteiger partial charge in [-0.3, -0.25) is 4.68 Å². The van der Waals surface area contributed by atoms with E-state index in [-0.39, 0.29) is 18.1 Å². The van der Waals surface area contributed by atoms with E-state index >= 15 is 0 Å². The zero-order valence-corrected chi connectivity index (χ0v) is 18.7. The van der Waals surface area contributed by atoms with Gasteiger partial charge in [-0.05, 0) is 32.9 Å². The molecule has 4 heterocycles. The van der Waals surface area contributed by atoms with Crippen LogP contribution in [0.3, 0.4) is 0 Å². The van der Waals surface area contributed by atoms with Gasteiger partial charge in [0.25, 0.3) is 0 Å². The number of carbonyl (C=O) groups is 1. The summed E-state index contributed by atoms with van der Waals surface area (Å²) in [5.41, 5.74) is 9.20. The van der Waals surface area contributed by atoms with Crippen molar-refractivity contribution < 1.29 is 14.3 Å². The van der Waals surface area contributed by atoms with E-state index in [1.807, 2.05) is 63.1 Å². The number of rotatable bonds is 4. The lowest BCUT2D eigenvalue weighted by atomic mass is 10.1. The van der Waals surface area contributed by atoms with E-state index in [0.29, 0.717) is 25.5 Å². The zero-order valence-electron chi connectivity index (χ0n) is 18.7. The number of ether oxygens (including phenoxy) is 2. The molecule has 1 aliphatic heterocycles. The Kier molecular flexibility index (Phi) is 5.38. The number of aromatic nitrogens is 4. The second-order valence-corrected chi connectivity index (χ2v) is 9.21. The standard InChI is InChI=1S/C22H30N6O3/c1-14-11-27(21(29)31-22(2,3)4)12-18(14)30-13-16-10-24-26(5)20(16)15-6-7-28-17(8-15)9-19(23)25-28/h6-10,14,18H,11-13H2,1-5H3,(H2,23,25)/t14-,18-/m1/s1. The molecule has 1 fully saturated rings. The van der Waals surface area contributed by atoms with Crippen molar-refractivity contribution in [2.24, 2.45) is 13.0 Å². The van der Waals surface area contributed by atoms with Gasteiger partial charge < -0.3 is 20.1 Å². The summed E-state index contributed by atoms with van der Waals surface area (Å²) in [5.74, 6) is 0.703. The maximum atomic E-state index is 12.4. The number of amides is 1. The summed E-state index contributed by atoms with van der Waals surface area (Å²) in [6, 6.07) is 5.86. The molecule has 1 aliphatic rings. The highest BCUT2D eigenvalue weighted by Crippen LogP contribution is 2.28. The highest BCUT2D eigenvalue weighted by Gasteiger charge is 2.35. The van der Waals surface area contributed by atoms with Crippen LogP contribution in [0.25, 0.3) is 16.8 Å². The van der Waals surface area contributed by atoms with Crippen molar-refractivity contribution >= 4 is 17.4 Å². The maximum absolute atomic E-state index is 12.4. The molecule has 0 radical (unpaired) electrons. The predicted octanol–water partition coefficient (Wildman–Crippen LogP) is 3.09. The lowest BCUT2D eigenvalue weighted by molar-refractivity contribution is 0.0139. The monoisotopic (exact) mass is 426 g/mol. The fourth-order valence-corrected chi connectivity index (χ4v) is 3.95. The number of fused-ring (bicyclic) bond motifs is 1. The molecule has 0 unspecified atom stereocenters. The van der Waals surface area contributed by atoms with Crippen molar-refractivity contribution in [3.8, 4) is 11.3 Å². The molecule has 2 atom stereocenters. The van der Waals surface area contributed by atoms with Gasteiger partial charge in [-0.2, -0.15) is 10.2 Å². The number of pyridine rings is 1. The molecule has 9 nitrogen and oxygen atoms in total. The minimum absolute atomic E-state index is 0.0577. The minimum atomic E-state index is -0.509. The number of likely N-dealkylation sites (tertiary alicyclic amines) is 1. The topological polar surface area (TPSA) is 99.9 Å². The minimum Gasteiger partial charge on any atom is -0.444 e. The second kappa shape index (κ2) is 7.88. The Morgan fingerprint density at radius 2 is 2.06 bits per heavy atom. The van der Waals surface area contributed by atoms with Crippen molar-refractivity contribution in [3.05, 3.63) is 36.2 Å². The third-order valence-electron chi connectivity index (χ3n) is 5.42. The first-order valence-corrected chi connectivity index (χ1v) is 10.5. The third kappa shape index (κ3) is 4.51. The number of hydrogen-bond donors (Lipinski definition) is 1. The third-order valence-corrected chi connectivity index (χ3v) is 5.42. The van der Waals surface area contributed by atoms with E-state index < -0.39 is 5.60 Å². The van der Waals surface area contributed by atoms with Crippen LogP contribution in [0, 0.1) is 5.92 Å². The smallest absolute Gasteiger partial charge is 0.410 e. The summed E-state index contributed by atoms with van der Waals surface area (Å²) in [7, 11) is 1.91. The van der Waals surface area contributed by atoms with Crippen LogP contribution >= 0.6 is 0 Å².